The van der Waals surface area contributed by atoms with Gasteiger partial charge in [-0.05, 0) is 53.8 Å². The van der Waals surface area contributed by atoms with E-state index in [-0.39, 0.29) is 5.57 Å². The van der Waals surface area contributed by atoms with E-state index in [9.17, 15) is 10.1 Å². The summed E-state index contributed by atoms with van der Waals surface area (Å²) in [5.74, 6) is 0.673. The number of amides is 1. The molecule has 0 spiro atoms. The van der Waals surface area contributed by atoms with Gasteiger partial charge in [0, 0.05) is 10.6 Å². The third-order valence-corrected chi connectivity index (χ3v) is 5.06. The summed E-state index contributed by atoms with van der Waals surface area (Å²) in [6, 6.07) is 18.6. The second-order valence-electron chi connectivity index (χ2n) is 6.22. The molecule has 0 saturated heterocycles. The second-order valence-corrected chi connectivity index (χ2v) is 7.25. The number of nitriles is 1. The molecule has 1 aromatic heterocycles. The number of thiophene rings is 1. The Hall–Kier alpha value is -3.56. The Morgan fingerprint density at radius 1 is 1.17 bits per heavy atom. The van der Waals surface area contributed by atoms with Crippen molar-refractivity contribution in [1.82, 2.24) is 0 Å². The maximum Gasteiger partial charge on any atom is 0.266 e. The lowest BCUT2D eigenvalue weighted by atomic mass is 10.1. The van der Waals surface area contributed by atoms with E-state index in [1.165, 1.54) is 6.08 Å². The summed E-state index contributed by atoms with van der Waals surface area (Å²) in [6.07, 6.45) is 1.53. The third-order valence-electron chi connectivity index (χ3n) is 4.21. The first-order valence-corrected chi connectivity index (χ1v) is 9.80. The van der Waals surface area contributed by atoms with Crippen LogP contribution in [0.4, 0.5) is 5.69 Å². The number of rotatable bonds is 7. The van der Waals surface area contributed by atoms with Gasteiger partial charge < -0.3 is 14.8 Å². The van der Waals surface area contributed by atoms with E-state index in [4.69, 9.17) is 9.47 Å². The van der Waals surface area contributed by atoms with Crippen LogP contribution in [0.3, 0.4) is 0 Å². The molecule has 0 radical (unpaired) electrons. The summed E-state index contributed by atoms with van der Waals surface area (Å²) < 4.78 is 11.2. The SMILES string of the molecule is COc1cc(/C=C(\C#N)C(=O)Nc2ccccc2C)ccc1OCc1cccs1. The van der Waals surface area contributed by atoms with Crippen molar-refractivity contribution in [3.05, 3.63) is 81.6 Å². The molecular weight excluding hydrogens is 384 g/mol. The van der Waals surface area contributed by atoms with E-state index in [1.54, 1.807) is 42.7 Å². The zero-order valence-corrected chi connectivity index (χ0v) is 17.0. The van der Waals surface area contributed by atoms with E-state index in [0.29, 0.717) is 29.4 Å². The van der Waals surface area contributed by atoms with Crippen molar-refractivity contribution < 1.29 is 14.3 Å². The Kier molecular flexibility index (Phi) is 6.67. The van der Waals surface area contributed by atoms with Gasteiger partial charge in [-0.2, -0.15) is 5.26 Å². The molecule has 1 N–H and O–H groups in total. The van der Waals surface area contributed by atoms with Gasteiger partial charge in [-0.1, -0.05) is 30.3 Å². The standard InChI is InChI=1S/C23H20N2O3S/c1-16-6-3-4-8-20(16)25-23(26)18(14-24)12-17-9-10-21(22(13-17)27-2)28-15-19-7-5-11-29-19/h3-13H,15H2,1-2H3,(H,25,26)/b18-12+. The largest absolute Gasteiger partial charge is 0.493 e. The number of para-hydroxylation sites is 1. The molecule has 5 nitrogen and oxygen atoms in total. The summed E-state index contributed by atoms with van der Waals surface area (Å²) in [4.78, 5) is 13.6. The number of aryl methyl sites for hydroxylation is 1. The van der Waals surface area contributed by atoms with Gasteiger partial charge in [-0.25, -0.2) is 0 Å². The van der Waals surface area contributed by atoms with Crippen LogP contribution in [0.2, 0.25) is 0 Å². The lowest BCUT2D eigenvalue weighted by Gasteiger charge is -2.11. The Morgan fingerprint density at radius 3 is 2.69 bits per heavy atom. The Balaban J connectivity index is 1.77. The molecule has 0 fully saturated rings. The van der Waals surface area contributed by atoms with E-state index >= 15 is 0 Å². The van der Waals surface area contributed by atoms with Gasteiger partial charge in [0.1, 0.15) is 18.2 Å². The Bertz CT molecular complexity index is 1070. The van der Waals surface area contributed by atoms with Gasteiger partial charge in [0.15, 0.2) is 11.5 Å². The highest BCUT2D eigenvalue weighted by molar-refractivity contribution is 7.09. The van der Waals surface area contributed by atoms with Gasteiger partial charge >= 0.3 is 0 Å². The maximum atomic E-state index is 12.5. The van der Waals surface area contributed by atoms with Crippen molar-refractivity contribution in [3.8, 4) is 17.6 Å². The topological polar surface area (TPSA) is 71.3 Å². The van der Waals surface area contributed by atoms with Gasteiger partial charge in [0.05, 0.1) is 7.11 Å². The first-order valence-electron chi connectivity index (χ1n) is 8.92. The fourth-order valence-electron chi connectivity index (χ4n) is 2.65. The van der Waals surface area contributed by atoms with E-state index in [2.05, 4.69) is 5.32 Å². The van der Waals surface area contributed by atoms with Crippen LogP contribution in [-0.2, 0) is 11.4 Å². The number of hydrogen-bond donors (Lipinski definition) is 1. The lowest BCUT2D eigenvalue weighted by molar-refractivity contribution is -0.112. The highest BCUT2D eigenvalue weighted by Gasteiger charge is 2.12. The Morgan fingerprint density at radius 2 is 2.00 bits per heavy atom. The van der Waals surface area contributed by atoms with E-state index in [0.717, 1.165) is 10.4 Å². The minimum Gasteiger partial charge on any atom is -0.493 e. The van der Waals surface area contributed by atoms with Crippen molar-refractivity contribution in [2.75, 3.05) is 12.4 Å². The fraction of sp³-hybridized carbons (Fsp3) is 0.130. The van der Waals surface area contributed by atoms with Crippen LogP contribution in [0.25, 0.3) is 6.08 Å². The number of nitrogens with zero attached hydrogens (tertiary/aromatic N) is 1. The van der Waals surface area contributed by atoms with Gasteiger partial charge in [-0.3, -0.25) is 4.79 Å². The van der Waals surface area contributed by atoms with E-state index in [1.807, 2.05) is 48.7 Å². The number of carbonyl (C=O) groups excluding carboxylic acids is 1. The molecule has 0 bridgehead atoms. The number of benzene rings is 2. The number of ether oxygens (including phenoxy) is 2. The van der Waals surface area contributed by atoms with Crippen LogP contribution in [0, 0.1) is 18.3 Å². The molecule has 0 aliphatic carbocycles. The molecule has 0 saturated carbocycles. The van der Waals surface area contributed by atoms with Crippen LogP contribution in [0.1, 0.15) is 16.0 Å². The average molecular weight is 404 g/mol. The summed E-state index contributed by atoms with van der Waals surface area (Å²) in [6.45, 7) is 2.34. The summed E-state index contributed by atoms with van der Waals surface area (Å²) >= 11 is 1.62. The summed E-state index contributed by atoms with van der Waals surface area (Å²) in [5, 5.41) is 14.2. The maximum absolute atomic E-state index is 12.5. The normalized spacial score (nSPS) is 10.9. The molecule has 3 aromatic rings. The van der Waals surface area contributed by atoms with Crippen LogP contribution in [0.5, 0.6) is 11.5 Å². The number of carbonyl (C=O) groups is 1. The zero-order chi connectivity index (χ0) is 20.6. The molecule has 0 aliphatic heterocycles. The molecule has 6 heteroatoms. The molecule has 3 rings (SSSR count). The summed E-state index contributed by atoms with van der Waals surface area (Å²) in [7, 11) is 1.55. The molecule has 1 amide bonds. The minimum atomic E-state index is -0.459. The quantitative estimate of drug-likeness (QED) is 0.434. The number of hydrogen-bond acceptors (Lipinski definition) is 5. The van der Waals surface area contributed by atoms with Gasteiger partial charge in [-0.15, -0.1) is 11.3 Å². The number of anilines is 1. The fourth-order valence-corrected chi connectivity index (χ4v) is 3.27. The monoisotopic (exact) mass is 404 g/mol. The van der Waals surface area contributed by atoms with Crippen LogP contribution >= 0.6 is 11.3 Å². The first-order chi connectivity index (χ1) is 14.1. The van der Waals surface area contributed by atoms with Crippen molar-refractivity contribution in [2.45, 2.75) is 13.5 Å². The highest BCUT2D eigenvalue weighted by Crippen LogP contribution is 2.30. The molecule has 0 unspecified atom stereocenters. The third kappa shape index (κ3) is 5.24. The van der Waals surface area contributed by atoms with Crippen LogP contribution in [0.15, 0.2) is 65.6 Å². The number of methoxy groups -OCH3 is 1. The van der Waals surface area contributed by atoms with Crippen LogP contribution < -0.4 is 14.8 Å². The first kappa shape index (κ1) is 20.2. The van der Waals surface area contributed by atoms with Gasteiger partial charge in [0.25, 0.3) is 5.91 Å². The zero-order valence-electron chi connectivity index (χ0n) is 16.1. The van der Waals surface area contributed by atoms with Crippen molar-refractivity contribution in [1.29, 1.82) is 5.26 Å². The molecule has 1 heterocycles. The molecular formula is C23H20N2O3S. The van der Waals surface area contributed by atoms with Crippen molar-refractivity contribution in [2.24, 2.45) is 0 Å². The van der Waals surface area contributed by atoms with Gasteiger partial charge in [0.2, 0.25) is 0 Å². The lowest BCUT2D eigenvalue weighted by Crippen LogP contribution is -2.14. The van der Waals surface area contributed by atoms with Crippen molar-refractivity contribution >= 4 is 29.0 Å². The summed E-state index contributed by atoms with van der Waals surface area (Å²) in [5.41, 5.74) is 2.27. The van der Waals surface area contributed by atoms with Crippen LogP contribution in [-0.4, -0.2) is 13.0 Å². The highest BCUT2D eigenvalue weighted by atomic mass is 32.1. The average Bonchev–Trinajstić information content (AvgIpc) is 3.26. The predicted octanol–water partition coefficient (Wildman–Crippen LogP) is 5.19. The second kappa shape index (κ2) is 9.58. The molecule has 29 heavy (non-hydrogen) atoms. The Labute approximate surface area is 173 Å². The predicted molar refractivity (Wildman–Crippen MR) is 115 cm³/mol. The van der Waals surface area contributed by atoms with E-state index < -0.39 is 5.91 Å². The molecule has 2 aromatic carbocycles. The number of nitrogens with one attached hydrogen (secondary N) is 1. The smallest absolute Gasteiger partial charge is 0.266 e. The molecule has 0 aliphatic rings. The minimum absolute atomic E-state index is 0.00237. The molecule has 146 valence electrons. The molecule has 0 atom stereocenters. The van der Waals surface area contributed by atoms with Crippen molar-refractivity contribution in [3.63, 3.8) is 0 Å².